The van der Waals surface area contributed by atoms with Gasteiger partial charge in [0.1, 0.15) is 0 Å². The van der Waals surface area contributed by atoms with E-state index in [1.807, 2.05) is 36.4 Å². The first-order valence-corrected chi connectivity index (χ1v) is 12.2. The van der Waals surface area contributed by atoms with E-state index in [9.17, 15) is 13.2 Å². The zero-order valence-corrected chi connectivity index (χ0v) is 18.7. The lowest BCUT2D eigenvalue weighted by Crippen LogP contribution is -2.30. The van der Waals surface area contributed by atoms with Crippen LogP contribution in [0, 0.1) is 0 Å². The fraction of sp³-hybridized carbons (Fsp3) is 0.273. The van der Waals surface area contributed by atoms with Crippen molar-refractivity contribution < 1.29 is 13.2 Å². The number of amides is 1. The molecule has 1 amide bonds. The van der Waals surface area contributed by atoms with Crippen LogP contribution in [-0.4, -0.2) is 42.5 Å². The van der Waals surface area contributed by atoms with Crippen LogP contribution in [0.1, 0.15) is 20.3 Å². The van der Waals surface area contributed by atoms with Crippen molar-refractivity contribution in [1.29, 1.82) is 0 Å². The second-order valence-electron chi connectivity index (χ2n) is 6.60. The zero-order chi connectivity index (χ0) is 21.6. The van der Waals surface area contributed by atoms with E-state index in [1.54, 1.807) is 26.0 Å². The first-order valence-electron chi connectivity index (χ1n) is 9.82. The molecule has 158 valence electrons. The van der Waals surface area contributed by atoms with Gasteiger partial charge in [-0.2, -0.15) is 4.31 Å². The number of carbonyl (C=O) groups is 1. The van der Waals surface area contributed by atoms with Crippen molar-refractivity contribution in [1.82, 2.24) is 9.29 Å². The molecule has 0 unspecified atom stereocenters. The highest BCUT2D eigenvalue weighted by atomic mass is 32.2. The summed E-state index contributed by atoms with van der Waals surface area (Å²) in [4.78, 5) is 17.0. The largest absolute Gasteiger partial charge is 0.326 e. The highest BCUT2D eigenvalue weighted by Gasteiger charge is 2.21. The van der Waals surface area contributed by atoms with E-state index < -0.39 is 10.0 Å². The molecule has 0 atom stereocenters. The third-order valence-corrected chi connectivity index (χ3v) is 7.63. The van der Waals surface area contributed by atoms with Gasteiger partial charge >= 0.3 is 0 Å². The quantitative estimate of drug-likeness (QED) is 0.496. The van der Waals surface area contributed by atoms with Crippen LogP contribution >= 0.6 is 11.8 Å². The maximum atomic E-state index is 12.5. The zero-order valence-electron chi connectivity index (χ0n) is 17.0. The average molecular weight is 444 g/mol. The number of rotatable bonds is 9. The maximum Gasteiger partial charge on any atom is 0.243 e. The number of hydrogen-bond acceptors (Lipinski definition) is 5. The highest BCUT2D eigenvalue weighted by molar-refractivity contribution is 7.99. The Balaban J connectivity index is 1.53. The molecule has 0 radical (unpaired) electrons. The number of benzene rings is 2. The first kappa shape index (κ1) is 22.3. The molecule has 2 aromatic carbocycles. The molecule has 1 heterocycles. The Morgan fingerprint density at radius 2 is 1.70 bits per heavy atom. The lowest BCUT2D eigenvalue weighted by molar-refractivity contribution is -0.115. The lowest BCUT2D eigenvalue weighted by Gasteiger charge is -2.18. The molecule has 30 heavy (non-hydrogen) atoms. The molecule has 1 aromatic heterocycles. The second kappa shape index (κ2) is 10.1. The molecule has 3 aromatic rings. The summed E-state index contributed by atoms with van der Waals surface area (Å²) in [7, 11) is -3.50. The Hall–Kier alpha value is -2.42. The van der Waals surface area contributed by atoms with Gasteiger partial charge in [-0.3, -0.25) is 4.79 Å². The summed E-state index contributed by atoms with van der Waals surface area (Å²) in [5, 5.41) is 4.78. The molecule has 0 aliphatic heterocycles. The summed E-state index contributed by atoms with van der Waals surface area (Å²) in [6, 6.07) is 18.2. The standard InChI is InChI=1S/C22H25N3O3S2/c1-3-25(4-2)30(27,28)19-12-10-18(11-13-19)23-21(26)15-16-29-22-14-9-17-7-5-6-8-20(17)24-22/h5-14H,3-4,15-16H2,1-2H3,(H,23,26). The molecule has 0 fully saturated rings. The fourth-order valence-corrected chi connectivity index (χ4v) is 5.30. The molecule has 0 bridgehead atoms. The Bertz CT molecular complexity index is 1110. The van der Waals surface area contributed by atoms with Crippen molar-refractivity contribution >= 4 is 44.3 Å². The monoisotopic (exact) mass is 443 g/mol. The fourth-order valence-electron chi connectivity index (χ4n) is 3.02. The molecule has 1 N–H and O–H groups in total. The van der Waals surface area contributed by atoms with Gasteiger partial charge in [-0.05, 0) is 36.4 Å². The van der Waals surface area contributed by atoms with Gasteiger partial charge in [-0.15, -0.1) is 11.8 Å². The molecular formula is C22H25N3O3S2. The first-order chi connectivity index (χ1) is 14.4. The van der Waals surface area contributed by atoms with Gasteiger partial charge in [0.05, 0.1) is 15.4 Å². The highest BCUT2D eigenvalue weighted by Crippen LogP contribution is 2.21. The van der Waals surface area contributed by atoms with Gasteiger partial charge in [0.25, 0.3) is 0 Å². The van der Waals surface area contributed by atoms with E-state index in [0.29, 0.717) is 31.0 Å². The maximum absolute atomic E-state index is 12.5. The molecule has 0 aliphatic rings. The predicted octanol–water partition coefficient (Wildman–Crippen LogP) is 4.39. The van der Waals surface area contributed by atoms with Gasteiger partial charge in [-0.1, -0.05) is 38.1 Å². The van der Waals surface area contributed by atoms with Crippen LogP contribution in [0.15, 0.2) is 70.6 Å². The van der Waals surface area contributed by atoms with Crippen molar-refractivity contribution in [2.24, 2.45) is 0 Å². The van der Waals surface area contributed by atoms with Crippen LogP contribution in [-0.2, 0) is 14.8 Å². The number of pyridine rings is 1. The number of aromatic nitrogens is 1. The molecule has 0 aliphatic carbocycles. The van der Waals surface area contributed by atoms with Crippen molar-refractivity contribution in [3.05, 3.63) is 60.7 Å². The molecule has 3 rings (SSSR count). The summed E-state index contributed by atoms with van der Waals surface area (Å²) in [6.45, 7) is 4.45. The number of sulfonamides is 1. The SMILES string of the molecule is CCN(CC)S(=O)(=O)c1ccc(NC(=O)CCSc2ccc3ccccc3n2)cc1. The second-order valence-corrected chi connectivity index (χ2v) is 9.66. The third-order valence-electron chi connectivity index (χ3n) is 4.63. The third kappa shape index (κ3) is 5.38. The van der Waals surface area contributed by atoms with Crippen LogP contribution in [0.2, 0.25) is 0 Å². The minimum absolute atomic E-state index is 0.123. The topological polar surface area (TPSA) is 79.4 Å². The van der Waals surface area contributed by atoms with E-state index in [-0.39, 0.29) is 10.8 Å². The molecule has 0 saturated carbocycles. The molecule has 8 heteroatoms. The van der Waals surface area contributed by atoms with Gasteiger partial charge in [-0.25, -0.2) is 13.4 Å². The van der Waals surface area contributed by atoms with Crippen LogP contribution in [0.5, 0.6) is 0 Å². The number of para-hydroxylation sites is 1. The van der Waals surface area contributed by atoms with E-state index in [0.717, 1.165) is 15.9 Å². The summed E-state index contributed by atoms with van der Waals surface area (Å²) in [5.41, 5.74) is 1.51. The van der Waals surface area contributed by atoms with Crippen molar-refractivity contribution in [3.8, 4) is 0 Å². The number of thioether (sulfide) groups is 1. The lowest BCUT2D eigenvalue weighted by atomic mass is 10.2. The minimum atomic E-state index is -3.50. The van der Waals surface area contributed by atoms with Crippen molar-refractivity contribution in [3.63, 3.8) is 0 Å². The predicted molar refractivity (Wildman–Crippen MR) is 122 cm³/mol. The van der Waals surface area contributed by atoms with Gasteiger partial charge in [0.2, 0.25) is 15.9 Å². The Labute approximate surface area is 181 Å². The summed E-state index contributed by atoms with van der Waals surface area (Å²) in [5.74, 6) is 0.480. The number of hydrogen-bond donors (Lipinski definition) is 1. The minimum Gasteiger partial charge on any atom is -0.326 e. The number of fused-ring (bicyclic) bond motifs is 1. The number of nitrogens with zero attached hydrogens (tertiary/aromatic N) is 2. The van der Waals surface area contributed by atoms with E-state index >= 15 is 0 Å². The summed E-state index contributed by atoms with van der Waals surface area (Å²) >= 11 is 1.53. The molecular weight excluding hydrogens is 418 g/mol. The van der Waals surface area contributed by atoms with Gasteiger partial charge in [0, 0.05) is 36.3 Å². The number of anilines is 1. The Kier molecular flexibility index (Phi) is 7.47. The average Bonchev–Trinajstić information content (AvgIpc) is 2.74. The summed E-state index contributed by atoms with van der Waals surface area (Å²) < 4.78 is 26.4. The summed E-state index contributed by atoms with van der Waals surface area (Å²) in [6.07, 6.45) is 0.332. The number of nitrogens with one attached hydrogen (secondary N) is 1. The molecule has 6 nitrogen and oxygen atoms in total. The van der Waals surface area contributed by atoms with Crippen molar-refractivity contribution in [2.75, 3.05) is 24.2 Å². The van der Waals surface area contributed by atoms with Crippen molar-refractivity contribution in [2.45, 2.75) is 30.2 Å². The number of carbonyl (C=O) groups excluding carboxylic acids is 1. The van der Waals surface area contributed by atoms with E-state index in [4.69, 9.17) is 0 Å². The normalized spacial score (nSPS) is 11.7. The molecule has 0 saturated heterocycles. The van der Waals surface area contributed by atoms with E-state index in [1.165, 1.54) is 28.2 Å². The van der Waals surface area contributed by atoms with Gasteiger partial charge < -0.3 is 5.32 Å². The Morgan fingerprint density at radius 1 is 1.00 bits per heavy atom. The smallest absolute Gasteiger partial charge is 0.243 e. The van der Waals surface area contributed by atoms with Crippen LogP contribution < -0.4 is 5.32 Å². The van der Waals surface area contributed by atoms with Crippen LogP contribution in [0.4, 0.5) is 5.69 Å². The molecule has 0 spiro atoms. The van der Waals surface area contributed by atoms with E-state index in [2.05, 4.69) is 10.3 Å². The van der Waals surface area contributed by atoms with Gasteiger partial charge in [0.15, 0.2) is 0 Å². The van der Waals surface area contributed by atoms with Crippen LogP contribution in [0.3, 0.4) is 0 Å². The van der Waals surface area contributed by atoms with Crippen LogP contribution in [0.25, 0.3) is 10.9 Å². The Morgan fingerprint density at radius 3 is 2.40 bits per heavy atom.